The van der Waals surface area contributed by atoms with E-state index in [0.717, 1.165) is 11.8 Å². The number of hydrogen-bond acceptors (Lipinski definition) is 2. The first-order valence-electron chi connectivity index (χ1n) is 4.10. The highest BCUT2D eigenvalue weighted by atomic mass is 32.1. The Hall–Kier alpha value is -1.16. The average Bonchev–Trinajstić information content (AvgIpc) is 2.14. The summed E-state index contributed by atoms with van der Waals surface area (Å²) in [5.74, 6) is -0.388. The minimum atomic E-state index is -0.388. The number of hydrogen-bond donors (Lipinski definition) is 1. The van der Waals surface area contributed by atoms with E-state index in [2.05, 4.69) is 22.6 Å². The summed E-state index contributed by atoms with van der Waals surface area (Å²) in [5, 5.41) is 0.457. The number of halogens is 1. The first-order valence-corrected chi connectivity index (χ1v) is 4.55. The van der Waals surface area contributed by atoms with Gasteiger partial charge in [-0.15, -0.1) is 12.6 Å². The molecule has 0 unspecified atom stereocenters. The molecule has 0 saturated carbocycles. The smallest absolute Gasteiger partial charge is 0.142 e. The monoisotopic (exact) mass is 210 g/mol. The van der Waals surface area contributed by atoms with Crippen LogP contribution in [0.4, 0.5) is 4.39 Å². The Kier molecular flexibility index (Phi) is 3.83. The maximum Gasteiger partial charge on any atom is 0.142 e. The molecule has 0 aliphatic heterocycles. The third-order valence-electron chi connectivity index (χ3n) is 1.41. The normalized spacial score (nSPS) is 11.3. The van der Waals surface area contributed by atoms with Gasteiger partial charge in [-0.25, -0.2) is 9.38 Å². The molecule has 0 saturated heterocycles. The fourth-order valence-electron chi connectivity index (χ4n) is 0.799. The van der Waals surface area contributed by atoms with Gasteiger partial charge >= 0.3 is 0 Å². The summed E-state index contributed by atoms with van der Waals surface area (Å²) in [4.78, 5) is 7.75. The van der Waals surface area contributed by atoms with Crippen molar-refractivity contribution in [3.63, 3.8) is 0 Å². The fraction of sp³-hybridized carbons (Fsp3) is 0.200. The van der Waals surface area contributed by atoms with Gasteiger partial charge in [0.25, 0.3) is 0 Å². The van der Waals surface area contributed by atoms with Crippen molar-refractivity contribution in [2.45, 2.75) is 13.8 Å². The second kappa shape index (κ2) is 4.91. The lowest BCUT2D eigenvalue weighted by molar-refractivity contribution is 0.621. The van der Waals surface area contributed by atoms with Crippen molar-refractivity contribution in [1.29, 1.82) is 0 Å². The molecule has 0 spiro atoms. The Labute approximate surface area is 88.0 Å². The van der Waals surface area contributed by atoms with Crippen LogP contribution in [0.3, 0.4) is 0 Å². The highest BCUT2D eigenvalue weighted by molar-refractivity contribution is 7.97. The van der Waals surface area contributed by atoms with E-state index in [1.807, 2.05) is 13.8 Å². The number of thiol groups is 1. The molecule has 0 aliphatic rings. The van der Waals surface area contributed by atoms with Gasteiger partial charge in [-0.05, 0) is 19.9 Å². The van der Waals surface area contributed by atoms with Gasteiger partial charge in [-0.2, -0.15) is 0 Å². The molecule has 14 heavy (non-hydrogen) atoms. The van der Waals surface area contributed by atoms with E-state index < -0.39 is 0 Å². The van der Waals surface area contributed by atoms with Gasteiger partial charge in [0.2, 0.25) is 0 Å². The standard InChI is InChI=1S/C10H11FN2S/c1-7(2)4-13-10(14)8-3-9(11)6-12-5-8/h3-6H,1-2H3,(H,13,14). The SMILES string of the molecule is CC(C)=C/N=C(\S)c1cncc(F)c1. The van der Waals surface area contributed by atoms with Crippen LogP contribution < -0.4 is 0 Å². The van der Waals surface area contributed by atoms with Crippen molar-refractivity contribution in [2.24, 2.45) is 4.99 Å². The molecule has 0 amide bonds. The largest absolute Gasteiger partial charge is 0.261 e. The molecule has 1 aromatic rings. The molecule has 0 atom stereocenters. The van der Waals surface area contributed by atoms with Crippen LogP contribution in [0.5, 0.6) is 0 Å². The summed E-state index contributed by atoms with van der Waals surface area (Å²) in [5.41, 5.74) is 1.63. The predicted molar refractivity (Wildman–Crippen MR) is 59.1 cm³/mol. The molecule has 0 aromatic carbocycles. The predicted octanol–water partition coefficient (Wildman–Crippen LogP) is 2.82. The molecular weight excluding hydrogens is 199 g/mol. The van der Waals surface area contributed by atoms with Crippen LogP contribution in [-0.4, -0.2) is 10.0 Å². The fourth-order valence-corrected chi connectivity index (χ4v) is 0.979. The Balaban J connectivity index is 2.95. The van der Waals surface area contributed by atoms with Gasteiger partial charge in [0.1, 0.15) is 10.9 Å². The summed E-state index contributed by atoms with van der Waals surface area (Å²) < 4.78 is 12.8. The van der Waals surface area contributed by atoms with Gasteiger partial charge < -0.3 is 0 Å². The molecule has 74 valence electrons. The van der Waals surface area contributed by atoms with E-state index in [1.54, 1.807) is 6.20 Å². The molecule has 1 heterocycles. The Bertz CT molecular complexity index is 381. The van der Waals surface area contributed by atoms with Crippen LogP contribution in [0.15, 0.2) is 35.2 Å². The van der Waals surface area contributed by atoms with Crippen LogP contribution in [-0.2, 0) is 0 Å². The molecule has 1 rings (SSSR count). The summed E-state index contributed by atoms with van der Waals surface area (Å²) >= 11 is 4.14. The average molecular weight is 210 g/mol. The zero-order valence-corrected chi connectivity index (χ0v) is 8.92. The number of aliphatic imine (C=N–C) groups is 1. The van der Waals surface area contributed by atoms with Gasteiger partial charge in [0, 0.05) is 18.0 Å². The van der Waals surface area contributed by atoms with Crippen LogP contribution in [0.25, 0.3) is 0 Å². The molecule has 4 heteroatoms. The van der Waals surface area contributed by atoms with E-state index >= 15 is 0 Å². The zero-order valence-electron chi connectivity index (χ0n) is 8.03. The van der Waals surface area contributed by atoms with Crippen LogP contribution in [0, 0.1) is 5.82 Å². The third-order valence-corrected chi connectivity index (χ3v) is 1.78. The third kappa shape index (κ3) is 3.30. The number of pyridine rings is 1. The topological polar surface area (TPSA) is 25.2 Å². The van der Waals surface area contributed by atoms with Crippen molar-refractivity contribution in [1.82, 2.24) is 4.98 Å². The lowest BCUT2D eigenvalue weighted by Gasteiger charge is -1.97. The van der Waals surface area contributed by atoms with Crippen molar-refractivity contribution in [2.75, 3.05) is 0 Å². The molecule has 0 aliphatic carbocycles. The second-order valence-electron chi connectivity index (χ2n) is 3.05. The molecule has 0 radical (unpaired) electrons. The maximum absolute atomic E-state index is 12.8. The Morgan fingerprint density at radius 1 is 1.50 bits per heavy atom. The minimum Gasteiger partial charge on any atom is -0.261 e. The minimum absolute atomic E-state index is 0.388. The lowest BCUT2D eigenvalue weighted by atomic mass is 10.3. The van der Waals surface area contributed by atoms with Crippen molar-refractivity contribution in [3.05, 3.63) is 41.6 Å². The molecule has 0 bridgehead atoms. The van der Waals surface area contributed by atoms with E-state index in [1.165, 1.54) is 12.3 Å². The summed E-state index contributed by atoms with van der Waals surface area (Å²) in [7, 11) is 0. The molecule has 2 nitrogen and oxygen atoms in total. The van der Waals surface area contributed by atoms with Crippen molar-refractivity contribution in [3.8, 4) is 0 Å². The number of rotatable bonds is 2. The van der Waals surface area contributed by atoms with E-state index in [-0.39, 0.29) is 5.82 Å². The second-order valence-corrected chi connectivity index (χ2v) is 3.47. The van der Waals surface area contributed by atoms with Gasteiger partial charge in [-0.1, -0.05) is 5.57 Å². The van der Waals surface area contributed by atoms with E-state index in [9.17, 15) is 4.39 Å². The molecule has 1 aromatic heterocycles. The highest BCUT2D eigenvalue weighted by Crippen LogP contribution is 2.06. The van der Waals surface area contributed by atoms with Crippen molar-refractivity contribution < 1.29 is 4.39 Å². The van der Waals surface area contributed by atoms with Crippen LogP contribution >= 0.6 is 12.6 Å². The number of nitrogens with zero attached hydrogens (tertiary/aromatic N) is 2. The molecule has 0 N–H and O–H groups in total. The molecule has 0 fully saturated rings. The van der Waals surface area contributed by atoms with Gasteiger partial charge in [0.15, 0.2) is 0 Å². The van der Waals surface area contributed by atoms with E-state index in [4.69, 9.17) is 0 Å². The summed E-state index contributed by atoms with van der Waals surface area (Å²) in [6.45, 7) is 3.85. The lowest BCUT2D eigenvalue weighted by Crippen LogP contribution is -1.93. The quantitative estimate of drug-likeness (QED) is 0.453. The highest BCUT2D eigenvalue weighted by Gasteiger charge is 1.99. The Morgan fingerprint density at radius 3 is 2.79 bits per heavy atom. The molecular formula is C10H11FN2S. The summed E-state index contributed by atoms with van der Waals surface area (Å²) in [6, 6.07) is 1.34. The zero-order chi connectivity index (χ0) is 10.6. The van der Waals surface area contributed by atoms with E-state index in [0.29, 0.717) is 10.6 Å². The first-order chi connectivity index (χ1) is 6.59. The van der Waals surface area contributed by atoms with Crippen LogP contribution in [0.1, 0.15) is 19.4 Å². The summed E-state index contributed by atoms with van der Waals surface area (Å²) in [6.07, 6.45) is 4.34. The van der Waals surface area contributed by atoms with Crippen LogP contribution in [0.2, 0.25) is 0 Å². The van der Waals surface area contributed by atoms with Gasteiger partial charge in [0.05, 0.1) is 6.20 Å². The number of aromatic nitrogens is 1. The first kappa shape index (κ1) is 10.9. The van der Waals surface area contributed by atoms with Gasteiger partial charge in [-0.3, -0.25) is 4.98 Å². The van der Waals surface area contributed by atoms with Crippen molar-refractivity contribution >= 4 is 17.7 Å². The maximum atomic E-state index is 12.8. The number of allylic oxidation sites excluding steroid dienone is 1. The Morgan fingerprint density at radius 2 is 2.21 bits per heavy atom.